The summed E-state index contributed by atoms with van der Waals surface area (Å²) in [5.74, 6) is 0. The van der Waals surface area contributed by atoms with Gasteiger partial charge in [0.15, 0.2) is 0 Å². The van der Waals surface area contributed by atoms with Gasteiger partial charge >= 0.3 is 6.03 Å². The minimum absolute atomic E-state index is 0.0370. The number of carbonyl (C=O) groups excluding carboxylic acids is 1. The molecule has 3 atom stereocenters. The summed E-state index contributed by atoms with van der Waals surface area (Å²) >= 11 is 0. The molecular formula is C11H23N3O. The van der Waals surface area contributed by atoms with Crippen LogP contribution >= 0.6 is 0 Å². The second-order valence-corrected chi connectivity index (χ2v) is 4.44. The van der Waals surface area contributed by atoms with Gasteiger partial charge < -0.3 is 16.0 Å². The molecule has 0 aliphatic carbocycles. The number of hydrogen-bond donors (Lipinski definition) is 3. The Morgan fingerprint density at radius 1 is 1.40 bits per heavy atom. The van der Waals surface area contributed by atoms with Gasteiger partial charge in [0, 0.05) is 24.7 Å². The summed E-state index contributed by atoms with van der Waals surface area (Å²) in [4.78, 5) is 11.4. The summed E-state index contributed by atoms with van der Waals surface area (Å²) < 4.78 is 0. The first-order valence-electron chi connectivity index (χ1n) is 5.94. The second-order valence-electron chi connectivity index (χ2n) is 4.44. The van der Waals surface area contributed by atoms with Gasteiger partial charge in [-0.2, -0.15) is 0 Å². The third-order valence-corrected chi connectivity index (χ3v) is 2.91. The molecule has 4 nitrogen and oxygen atoms in total. The lowest BCUT2D eigenvalue weighted by atomic mass is 9.95. The fourth-order valence-corrected chi connectivity index (χ4v) is 1.98. The van der Waals surface area contributed by atoms with E-state index in [1.54, 1.807) is 0 Å². The Kier molecular flexibility index (Phi) is 4.88. The van der Waals surface area contributed by atoms with Crippen LogP contribution in [0.5, 0.6) is 0 Å². The van der Waals surface area contributed by atoms with Gasteiger partial charge in [-0.25, -0.2) is 4.79 Å². The fourth-order valence-electron chi connectivity index (χ4n) is 1.98. The normalized spacial score (nSPS) is 31.0. The maximum atomic E-state index is 11.4. The molecule has 0 aromatic heterocycles. The van der Waals surface area contributed by atoms with Crippen LogP contribution in [-0.2, 0) is 0 Å². The van der Waals surface area contributed by atoms with Crippen LogP contribution in [0.3, 0.4) is 0 Å². The Labute approximate surface area is 92.2 Å². The maximum Gasteiger partial charge on any atom is 0.315 e. The molecular weight excluding hydrogens is 190 g/mol. The summed E-state index contributed by atoms with van der Waals surface area (Å²) in [6.07, 6.45) is 3.17. The van der Waals surface area contributed by atoms with Gasteiger partial charge in [0.05, 0.1) is 0 Å². The Bertz CT molecular complexity index is 208. The first-order valence-corrected chi connectivity index (χ1v) is 5.94. The highest BCUT2D eigenvalue weighted by Gasteiger charge is 2.25. The van der Waals surface area contributed by atoms with Gasteiger partial charge in [-0.15, -0.1) is 0 Å². The van der Waals surface area contributed by atoms with Crippen molar-refractivity contribution in [2.24, 2.45) is 0 Å². The van der Waals surface area contributed by atoms with E-state index in [0.717, 1.165) is 25.8 Å². The molecule has 3 unspecified atom stereocenters. The molecule has 1 rings (SSSR count). The molecule has 3 N–H and O–H groups in total. The molecule has 0 saturated carbocycles. The van der Waals surface area contributed by atoms with E-state index in [9.17, 15) is 4.79 Å². The molecule has 0 aromatic rings. The van der Waals surface area contributed by atoms with Gasteiger partial charge in [0.2, 0.25) is 0 Å². The zero-order chi connectivity index (χ0) is 11.3. The fraction of sp³-hybridized carbons (Fsp3) is 0.909. The Morgan fingerprint density at radius 3 is 2.73 bits per heavy atom. The van der Waals surface area contributed by atoms with Gasteiger partial charge in [0.25, 0.3) is 0 Å². The highest BCUT2D eigenvalue weighted by Crippen LogP contribution is 2.12. The molecule has 1 fully saturated rings. The Hall–Kier alpha value is -0.770. The van der Waals surface area contributed by atoms with Crippen molar-refractivity contribution in [2.75, 3.05) is 6.54 Å². The summed E-state index contributed by atoms with van der Waals surface area (Å²) in [5.41, 5.74) is 0. The number of rotatable bonds is 3. The van der Waals surface area contributed by atoms with Gasteiger partial charge in [-0.1, -0.05) is 6.92 Å². The molecule has 15 heavy (non-hydrogen) atoms. The molecule has 1 aliphatic heterocycles. The van der Waals surface area contributed by atoms with Crippen molar-refractivity contribution in [1.82, 2.24) is 16.0 Å². The standard InChI is InChI=1S/C11H23N3O/c1-4-7-12-11(15)14-10-6-5-8(2)13-9(10)3/h8-10,13H,4-7H2,1-3H3,(H2,12,14,15). The van der Waals surface area contributed by atoms with E-state index in [0.29, 0.717) is 12.1 Å². The maximum absolute atomic E-state index is 11.4. The Morgan fingerprint density at radius 2 is 2.13 bits per heavy atom. The Balaban J connectivity index is 2.28. The van der Waals surface area contributed by atoms with Crippen molar-refractivity contribution in [2.45, 2.75) is 58.2 Å². The van der Waals surface area contributed by atoms with Crippen molar-refractivity contribution < 1.29 is 4.79 Å². The largest absolute Gasteiger partial charge is 0.338 e. The lowest BCUT2D eigenvalue weighted by Crippen LogP contribution is -2.56. The first kappa shape index (κ1) is 12.3. The van der Waals surface area contributed by atoms with Crippen molar-refractivity contribution in [3.63, 3.8) is 0 Å². The zero-order valence-electron chi connectivity index (χ0n) is 9.97. The van der Waals surface area contributed by atoms with E-state index in [4.69, 9.17) is 0 Å². The smallest absolute Gasteiger partial charge is 0.315 e. The molecule has 1 saturated heterocycles. The van der Waals surface area contributed by atoms with Crippen LogP contribution in [-0.4, -0.2) is 30.7 Å². The van der Waals surface area contributed by atoms with Crippen LogP contribution in [0.2, 0.25) is 0 Å². The number of nitrogens with one attached hydrogen (secondary N) is 3. The molecule has 1 aliphatic rings. The average molecular weight is 213 g/mol. The highest BCUT2D eigenvalue weighted by atomic mass is 16.2. The average Bonchev–Trinajstić information content (AvgIpc) is 2.19. The molecule has 4 heteroatoms. The predicted molar refractivity (Wildman–Crippen MR) is 61.9 cm³/mol. The van der Waals surface area contributed by atoms with Crippen molar-refractivity contribution in [3.8, 4) is 0 Å². The third-order valence-electron chi connectivity index (χ3n) is 2.91. The number of carbonyl (C=O) groups is 1. The molecule has 1 heterocycles. The highest BCUT2D eigenvalue weighted by molar-refractivity contribution is 5.74. The van der Waals surface area contributed by atoms with E-state index in [1.807, 2.05) is 6.92 Å². The SMILES string of the molecule is CCCNC(=O)NC1CCC(C)NC1C. The summed E-state index contributed by atoms with van der Waals surface area (Å²) in [7, 11) is 0. The monoisotopic (exact) mass is 213 g/mol. The van der Waals surface area contributed by atoms with Gasteiger partial charge in [-0.05, 0) is 33.1 Å². The van der Waals surface area contributed by atoms with Crippen molar-refractivity contribution in [3.05, 3.63) is 0 Å². The quantitative estimate of drug-likeness (QED) is 0.660. The number of hydrogen-bond acceptors (Lipinski definition) is 2. The van der Waals surface area contributed by atoms with Crippen LogP contribution in [0.4, 0.5) is 4.79 Å². The lowest BCUT2D eigenvalue weighted by molar-refractivity contribution is 0.222. The third kappa shape index (κ3) is 4.08. The van der Waals surface area contributed by atoms with Crippen molar-refractivity contribution >= 4 is 6.03 Å². The van der Waals surface area contributed by atoms with E-state index in [1.165, 1.54) is 0 Å². The first-order chi connectivity index (χ1) is 7.13. The van der Waals surface area contributed by atoms with E-state index in [-0.39, 0.29) is 12.1 Å². The summed E-state index contributed by atoms with van der Waals surface area (Å²) in [6, 6.07) is 1.15. The van der Waals surface area contributed by atoms with E-state index in [2.05, 4.69) is 29.8 Å². The van der Waals surface area contributed by atoms with E-state index < -0.39 is 0 Å². The number of piperidine rings is 1. The number of amides is 2. The molecule has 0 bridgehead atoms. The topological polar surface area (TPSA) is 53.2 Å². The molecule has 0 radical (unpaired) electrons. The van der Waals surface area contributed by atoms with Crippen LogP contribution in [0.25, 0.3) is 0 Å². The molecule has 0 aromatic carbocycles. The van der Waals surface area contributed by atoms with Crippen LogP contribution in [0, 0.1) is 0 Å². The minimum atomic E-state index is -0.0370. The van der Waals surface area contributed by atoms with Crippen molar-refractivity contribution in [1.29, 1.82) is 0 Å². The van der Waals surface area contributed by atoms with Gasteiger partial charge in [0.1, 0.15) is 0 Å². The summed E-state index contributed by atoms with van der Waals surface area (Å²) in [5, 5.41) is 9.29. The molecule has 88 valence electrons. The van der Waals surface area contributed by atoms with Crippen LogP contribution in [0.1, 0.15) is 40.0 Å². The van der Waals surface area contributed by atoms with Crippen LogP contribution < -0.4 is 16.0 Å². The van der Waals surface area contributed by atoms with Crippen LogP contribution in [0.15, 0.2) is 0 Å². The number of urea groups is 1. The predicted octanol–water partition coefficient (Wildman–Crippen LogP) is 1.22. The second kappa shape index (κ2) is 5.95. The van der Waals surface area contributed by atoms with E-state index >= 15 is 0 Å². The lowest BCUT2D eigenvalue weighted by Gasteiger charge is -2.34. The molecule has 2 amide bonds. The van der Waals surface area contributed by atoms with Gasteiger partial charge in [-0.3, -0.25) is 0 Å². The minimum Gasteiger partial charge on any atom is -0.338 e. The molecule has 0 spiro atoms. The summed E-state index contributed by atoms with van der Waals surface area (Å²) in [6.45, 7) is 7.10. The zero-order valence-corrected chi connectivity index (χ0v) is 9.97.